The summed E-state index contributed by atoms with van der Waals surface area (Å²) in [6.45, 7) is 5.78. The maximum atomic E-state index is 15.2. The summed E-state index contributed by atoms with van der Waals surface area (Å²) in [4.78, 5) is 4.72. The predicted octanol–water partition coefficient (Wildman–Crippen LogP) is 5.51. The summed E-state index contributed by atoms with van der Waals surface area (Å²) in [5.74, 6) is -2.03. The number of benzene rings is 3. The first kappa shape index (κ1) is 28.1. The molecule has 41 heavy (non-hydrogen) atoms. The topological polar surface area (TPSA) is 98.8 Å². The van der Waals surface area contributed by atoms with Gasteiger partial charge in [-0.1, -0.05) is 25.1 Å². The number of nitriles is 1. The summed E-state index contributed by atoms with van der Waals surface area (Å²) in [6.07, 6.45) is 3.32. The van der Waals surface area contributed by atoms with Gasteiger partial charge in [-0.2, -0.15) is 5.26 Å². The lowest BCUT2D eigenvalue weighted by Gasteiger charge is -2.32. The van der Waals surface area contributed by atoms with E-state index in [-0.39, 0.29) is 17.9 Å². The molecule has 0 radical (unpaired) electrons. The Morgan fingerprint density at radius 1 is 1.10 bits per heavy atom. The maximum absolute atomic E-state index is 15.2. The van der Waals surface area contributed by atoms with Gasteiger partial charge in [-0.3, -0.25) is 0 Å². The van der Waals surface area contributed by atoms with Crippen molar-refractivity contribution < 1.29 is 23.6 Å². The van der Waals surface area contributed by atoms with E-state index in [0.29, 0.717) is 22.8 Å². The second-order valence-electron chi connectivity index (χ2n) is 10.2. The number of thiazole rings is 1. The van der Waals surface area contributed by atoms with Gasteiger partial charge in [0.05, 0.1) is 28.9 Å². The van der Waals surface area contributed by atoms with Crippen molar-refractivity contribution in [3.8, 4) is 23.1 Å². The highest BCUT2D eigenvalue weighted by atomic mass is 32.1. The van der Waals surface area contributed by atoms with Gasteiger partial charge in [-0.05, 0) is 60.9 Å². The third kappa shape index (κ3) is 5.73. The van der Waals surface area contributed by atoms with Gasteiger partial charge >= 0.3 is 0 Å². The highest BCUT2D eigenvalue weighted by molar-refractivity contribution is 7.10. The van der Waals surface area contributed by atoms with E-state index in [0.717, 1.165) is 34.4 Å². The van der Waals surface area contributed by atoms with Crippen molar-refractivity contribution in [2.45, 2.75) is 45.4 Å². The van der Waals surface area contributed by atoms with Gasteiger partial charge in [0.2, 0.25) is 6.33 Å². The minimum atomic E-state index is -1.83. The Balaban J connectivity index is 1.47. The van der Waals surface area contributed by atoms with E-state index < -0.39 is 23.2 Å². The Labute approximate surface area is 240 Å². The fourth-order valence-electron chi connectivity index (χ4n) is 4.96. The highest BCUT2D eigenvalue weighted by Gasteiger charge is 2.43. The summed E-state index contributed by atoms with van der Waals surface area (Å²) in [6, 6.07) is 16.0. The van der Waals surface area contributed by atoms with Crippen LogP contribution in [0.25, 0.3) is 11.3 Å². The number of hydrogen-bond donors (Lipinski definition) is 2. The molecule has 2 N–H and O–H groups in total. The summed E-state index contributed by atoms with van der Waals surface area (Å²) in [7, 11) is 0. The van der Waals surface area contributed by atoms with Crippen molar-refractivity contribution in [3.05, 3.63) is 117 Å². The summed E-state index contributed by atoms with van der Waals surface area (Å²) in [5.41, 5.74) is 2.63. The van der Waals surface area contributed by atoms with Crippen LogP contribution in [0.15, 0.2) is 72.6 Å². The van der Waals surface area contributed by atoms with E-state index in [1.54, 1.807) is 43.8 Å². The van der Waals surface area contributed by atoms with Crippen molar-refractivity contribution in [1.29, 1.82) is 5.26 Å². The van der Waals surface area contributed by atoms with Crippen LogP contribution in [-0.4, -0.2) is 25.0 Å². The summed E-state index contributed by atoms with van der Waals surface area (Å²) in [5, 5.41) is 38.1. The van der Waals surface area contributed by atoms with Crippen LogP contribution >= 0.6 is 11.3 Å². The number of aliphatic hydroxyl groups is 1. The van der Waals surface area contributed by atoms with Gasteiger partial charge < -0.3 is 10.2 Å². The fourth-order valence-corrected chi connectivity index (χ4v) is 5.93. The molecule has 208 valence electrons. The lowest BCUT2D eigenvalue weighted by atomic mass is 9.82. The van der Waals surface area contributed by atoms with Crippen LogP contribution in [0.5, 0.6) is 5.75 Å². The maximum Gasteiger partial charge on any atom is 0.265 e. The van der Waals surface area contributed by atoms with Crippen molar-refractivity contribution in [2.75, 3.05) is 0 Å². The second-order valence-corrected chi connectivity index (χ2v) is 11.1. The number of aryl methyl sites for hydroxylation is 2. The quantitative estimate of drug-likeness (QED) is 0.239. The minimum Gasteiger partial charge on any atom is -0.507 e. The SMILES string of the molecule is Cc1cc(C[n+]2cnn(C[C@](O)(c3ccc(F)cc3F)[C@@H](C)c3nc(-c4ccc(C#N)cc4)cs3)c2)cc(C)c1O. The van der Waals surface area contributed by atoms with Crippen molar-refractivity contribution in [1.82, 2.24) is 14.8 Å². The van der Waals surface area contributed by atoms with E-state index >= 15 is 4.39 Å². The molecule has 10 heteroatoms. The van der Waals surface area contributed by atoms with Crippen molar-refractivity contribution in [2.24, 2.45) is 0 Å². The average Bonchev–Trinajstić information content (AvgIpc) is 3.61. The third-order valence-corrected chi connectivity index (χ3v) is 8.29. The molecule has 5 aromatic rings. The Hall–Kier alpha value is -4.46. The molecule has 3 aromatic carbocycles. The Morgan fingerprint density at radius 3 is 2.46 bits per heavy atom. The van der Waals surface area contributed by atoms with Crippen molar-refractivity contribution in [3.63, 3.8) is 0 Å². The van der Waals surface area contributed by atoms with Gasteiger partial charge in [0, 0.05) is 33.6 Å². The molecule has 0 saturated heterocycles. The molecule has 0 aliphatic carbocycles. The van der Waals surface area contributed by atoms with E-state index in [1.165, 1.54) is 22.1 Å². The molecule has 0 spiro atoms. The number of hydrogen-bond acceptors (Lipinski definition) is 6. The molecule has 0 fully saturated rings. The molecular weight excluding hydrogens is 544 g/mol. The number of phenolic OH excluding ortho intramolecular Hbond substituents is 1. The van der Waals surface area contributed by atoms with E-state index in [1.807, 2.05) is 35.9 Å². The molecule has 2 atom stereocenters. The van der Waals surface area contributed by atoms with Crippen LogP contribution in [0.2, 0.25) is 0 Å². The predicted molar refractivity (Wildman–Crippen MR) is 150 cm³/mol. The smallest absolute Gasteiger partial charge is 0.265 e. The number of nitrogens with zero attached hydrogens (tertiary/aromatic N) is 5. The number of rotatable bonds is 8. The van der Waals surface area contributed by atoms with Gasteiger partial charge in [0.15, 0.2) is 0 Å². The minimum absolute atomic E-state index is 0.0617. The number of aromatic nitrogens is 4. The molecule has 0 saturated carbocycles. The molecular formula is C31H28F2N5O2S+. The van der Waals surface area contributed by atoms with Gasteiger partial charge in [0.25, 0.3) is 6.33 Å². The zero-order valence-electron chi connectivity index (χ0n) is 22.7. The normalized spacial score (nSPS) is 13.5. The molecule has 7 nitrogen and oxygen atoms in total. The van der Waals surface area contributed by atoms with Crippen LogP contribution < -0.4 is 4.57 Å². The Bertz CT molecular complexity index is 1740. The molecule has 0 aliphatic heterocycles. The first-order chi connectivity index (χ1) is 19.6. The van der Waals surface area contributed by atoms with Gasteiger partial charge in [-0.25, -0.2) is 18.3 Å². The third-order valence-electron chi connectivity index (χ3n) is 7.26. The van der Waals surface area contributed by atoms with E-state index in [2.05, 4.69) is 11.2 Å². The lowest BCUT2D eigenvalue weighted by molar-refractivity contribution is -0.689. The standard InChI is InChI=1S/C31H27F2N5O2S/c1-19-10-23(11-20(2)29(19)39)14-37-17-35-38(18-37)16-31(40,26-9-8-25(32)12-27(26)33)21(3)30-36-28(15-41-30)24-6-4-22(13-34)5-7-24/h4-12,15,17-18,21,40H,14,16H2,1-3H3/p+1/t21-,31+/m0/s1. The van der Waals surface area contributed by atoms with Crippen molar-refractivity contribution >= 4 is 11.3 Å². The monoisotopic (exact) mass is 572 g/mol. The Kier molecular flexibility index (Phi) is 7.67. The molecule has 2 aromatic heterocycles. The first-order valence-electron chi connectivity index (χ1n) is 12.9. The highest BCUT2D eigenvalue weighted by Crippen LogP contribution is 2.41. The molecule has 5 rings (SSSR count). The lowest BCUT2D eigenvalue weighted by Crippen LogP contribution is -2.39. The van der Waals surface area contributed by atoms with Crippen LogP contribution in [0, 0.1) is 36.8 Å². The van der Waals surface area contributed by atoms with Gasteiger partial charge in [0.1, 0.15) is 29.5 Å². The molecule has 0 unspecified atom stereocenters. The number of aromatic hydroxyl groups is 1. The summed E-state index contributed by atoms with van der Waals surface area (Å²) < 4.78 is 32.3. The zero-order valence-corrected chi connectivity index (χ0v) is 23.5. The first-order valence-corrected chi connectivity index (χ1v) is 13.8. The largest absolute Gasteiger partial charge is 0.507 e. The van der Waals surface area contributed by atoms with Crippen LogP contribution in [0.4, 0.5) is 8.78 Å². The zero-order chi connectivity index (χ0) is 29.3. The molecule has 0 amide bonds. The van der Waals surface area contributed by atoms with Crippen LogP contribution in [0.1, 0.15) is 45.7 Å². The summed E-state index contributed by atoms with van der Waals surface area (Å²) >= 11 is 1.33. The number of halogens is 2. The Morgan fingerprint density at radius 2 is 1.80 bits per heavy atom. The molecule has 0 aliphatic rings. The van der Waals surface area contributed by atoms with Crippen LogP contribution in [-0.2, 0) is 18.7 Å². The number of phenols is 1. The second kappa shape index (κ2) is 11.2. The average molecular weight is 573 g/mol. The van der Waals surface area contributed by atoms with E-state index in [9.17, 15) is 14.6 Å². The van der Waals surface area contributed by atoms with Crippen LogP contribution in [0.3, 0.4) is 0 Å². The molecule has 0 bridgehead atoms. The fraction of sp³-hybridized carbons (Fsp3) is 0.226. The van der Waals surface area contributed by atoms with E-state index in [4.69, 9.17) is 10.2 Å². The van der Waals surface area contributed by atoms with Gasteiger partial charge in [-0.15, -0.1) is 16.0 Å². The molecule has 2 heterocycles.